The summed E-state index contributed by atoms with van der Waals surface area (Å²) in [7, 11) is 0. The number of rotatable bonds is 21. The van der Waals surface area contributed by atoms with Crippen LogP contribution in [0.15, 0.2) is 31.4 Å². The van der Waals surface area contributed by atoms with Gasteiger partial charge in [-0.3, -0.25) is 4.90 Å². The summed E-state index contributed by atoms with van der Waals surface area (Å²) in [5.74, 6) is 1.10. The van der Waals surface area contributed by atoms with Crippen molar-refractivity contribution in [2.75, 3.05) is 18.9 Å². The summed E-state index contributed by atoms with van der Waals surface area (Å²) in [6, 6.07) is 0. The Balaban J connectivity index is 1.61. The summed E-state index contributed by atoms with van der Waals surface area (Å²) in [5, 5.41) is 0. The molecule has 1 atom stereocenters. The Morgan fingerprint density at radius 2 is 1.66 bits per heavy atom. The third kappa shape index (κ3) is 11.9. The number of thioether (sulfide) groups is 1. The van der Waals surface area contributed by atoms with Crippen LogP contribution >= 0.6 is 11.8 Å². The van der Waals surface area contributed by atoms with Crippen LogP contribution in [0.4, 0.5) is 4.79 Å². The second-order valence-electron chi connectivity index (χ2n) is 10.1. The van der Waals surface area contributed by atoms with Crippen molar-refractivity contribution in [1.82, 2.24) is 14.5 Å². The molecule has 200 valence electrons. The Morgan fingerprint density at radius 1 is 1.03 bits per heavy atom. The number of likely N-dealkylation sites (tertiary alicyclic amines) is 1. The van der Waals surface area contributed by atoms with Gasteiger partial charge in [0.15, 0.2) is 0 Å². The highest BCUT2D eigenvalue weighted by Gasteiger charge is 2.44. The number of imidazole rings is 1. The number of hydrogen-bond donors (Lipinski definition) is 0. The van der Waals surface area contributed by atoms with E-state index in [1.807, 2.05) is 35.4 Å². The van der Waals surface area contributed by atoms with Gasteiger partial charge in [0.25, 0.3) is 0 Å². The second-order valence-corrected chi connectivity index (χ2v) is 11.5. The molecule has 1 aromatic rings. The molecule has 2 rings (SSSR count). The molecular weight excluding hydrogens is 454 g/mol. The average molecular weight is 506 g/mol. The van der Waals surface area contributed by atoms with Gasteiger partial charge in [0, 0.05) is 25.5 Å². The molecule has 2 heterocycles. The molecule has 0 N–H and O–H groups in total. The smallest absolute Gasteiger partial charge is 0.411 e. The van der Waals surface area contributed by atoms with Crippen molar-refractivity contribution in [1.29, 1.82) is 0 Å². The van der Waals surface area contributed by atoms with Crippen LogP contribution < -0.4 is 0 Å². The minimum atomic E-state index is -0.193. The van der Waals surface area contributed by atoms with Crippen molar-refractivity contribution >= 4 is 17.9 Å². The third-order valence-electron chi connectivity index (χ3n) is 7.17. The lowest BCUT2D eigenvalue weighted by Gasteiger charge is -2.37. The molecule has 1 amide bonds. The molecule has 0 aromatic carbocycles. The van der Waals surface area contributed by atoms with E-state index in [0.717, 1.165) is 38.1 Å². The molecule has 1 fully saturated rings. The lowest BCUT2D eigenvalue weighted by Crippen LogP contribution is -2.46. The second kappa shape index (κ2) is 18.8. The highest BCUT2D eigenvalue weighted by molar-refractivity contribution is 8.00. The van der Waals surface area contributed by atoms with E-state index in [-0.39, 0.29) is 17.6 Å². The monoisotopic (exact) mass is 505 g/mol. The maximum absolute atomic E-state index is 12.8. The molecule has 35 heavy (non-hydrogen) atoms. The van der Waals surface area contributed by atoms with Crippen molar-refractivity contribution in [3.8, 4) is 0 Å². The van der Waals surface area contributed by atoms with Gasteiger partial charge in [-0.2, -0.15) is 0 Å². The fourth-order valence-corrected chi connectivity index (χ4v) is 6.66. The highest BCUT2D eigenvalue weighted by atomic mass is 32.2. The van der Waals surface area contributed by atoms with Crippen LogP contribution in [0.2, 0.25) is 0 Å². The first-order chi connectivity index (χ1) is 17.2. The Labute approximate surface area is 219 Å². The SMILES string of the molecule is C=CCOC(=O)N1CCCC1(CCn1ccnc1)SCCCCCCCCCCCCCCCC. The predicted octanol–water partition coefficient (Wildman–Crippen LogP) is 8.60. The normalized spacial score (nSPS) is 17.7. The average Bonchev–Trinajstić information content (AvgIpc) is 3.54. The van der Waals surface area contributed by atoms with Gasteiger partial charge in [-0.15, -0.1) is 11.8 Å². The van der Waals surface area contributed by atoms with E-state index in [1.165, 1.54) is 89.9 Å². The van der Waals surface area contributed by atoms with E-state index in [0.29, 0.717) is 0 Å². The summed E-state index contributed by atoms with van der Waals surface area (Å²) < 4.78 is 7.54. The van der Waals surface area contributed by atoms with E-state index in [1.54, 1.807) is 6.08 Å². The largest absolute Gasteiger partial charge is 0.445 e. The van der Waals surface area contributed by atoms with E-state index in [9.17, 15) is 4.79 Å². The lowest BCUT2D eigenvalue weighted by atomic mass is 10.0. The third-order valence-corrected chi connectivity index (χ3v) is 8.83. The van der Waals surface area contributed by atoms with Gasteiger partial charge >= 0.3 is 6.09 Å². The molecule has 1 aliphatic heterocycles. The fraction of sp³-hybridized carbons (Fsp3) is 0.793. The highest BCUT2D eigenvalue weighted by Crippen LogP contribution is 2.43. The Bertz CT molecular complexity index is 667. The van der Waals surface area contributed by atoms with Crippen molar-refractivity contribution in [2.24, 2.45) is 0 Å². The molecule has 0 spiro atoms. The predicted molar refractivity (Wildman–Crippen MR) is 150 cm³/mol. The summed E-state index contributed by atoms with van der Waals surface area (Å²) >= 11 is 1.97. The molecule has 0 bridgehead atoms. The van der Waals surface area contributed by atoms with Crippen LogP contribution in [-0.2, 0) is 11.3 Å². The molecule has 1 unspecified atom stereocenters. The van der Waals surface area contributed by atoms with Crippen LogP contribution in [0.25, 0.3) is 0 Å². The maximum atomic E-state index is 12.8. The van der Waals surface area contributed by atoms with Gasteiger partial charge in [0.2, 0.25) is 0 Å². The van der Waals surface area contributed by atoms with Crippen LogP contribution in [0.5, 0.6) is 0 Å². The Kier molecular flexibility index (Phi) is 16.0. The minimum Gasteiger partial charge on any atom is -0.445 e. The fourth-order valence-electron chi connectivity index (χ4n) is 5.08. The van der Waals surface area contributed by atoms with Gasteiger partial charge in [0.05, 0.1) is 11.2 Å². The van der Waals surface area contributed by atoms with E-state index >= 15 is 0 Å². The number of unbranched alkanes of at least 4 members (excludes halogenated alkanes) is 13. The molecule has 6 heteroatoms. The molecule has 0 saturated carbocycles. The number of hydrogen-bond acceptors (Lipinski definition) is 4. The molecule has 1 aliphatic rings. The number of aromatic nitrogens is 2. The zero-order chi connectivity index (χ0) is 25.0. The molecule has 0 radical (unpaired) electrons. The zero-order valence-electron chi connectivity index (χ0n) is 22.4. The first kappa shape index (κ1) is 29.8. The quantitative estimate of drug-likeness (QED) is 0.124. The van der Waals surface area contributed by atoms with E-state index in [2.05, 4.69) is 23.1 Å². The van der Waals surface area contributed by atoms with Gasteiger partial charge < -0.3 is 9.30 Å². The van der Waals surface area contributed by atoms with Gasteiger partial charge in [-0.05, 0) is 31.4 Å². The van der Waals surface area contributed by atoms with Crippen LogP contribution in [0.1, 0.15) is 116 Å². The van der Waals surface area contributed by atoms with Crippen LogP contribution in [-0.4, -0.2) is 44.3 Å². The van der Waals surface area contributed by atoms with Crippen LogP contribution in [0.3, 0.4) is 0 Å². The number of aryl methyl sites for hydroxylation is 1. The maximum Gasteiger partial charge on any atom is 0.411 e. The molecule has 1 saturated heterocycles. The van der Waals surface area contributed by atoms with E-state index in [4.69, 9.17) is 4.74 Å². The molecule has 0 aliphatic carbocycles. The summed E-state index contributed by atoms with van der Waals surface area (Å²) in [6.07, 6.45) is 29.5. The molecule has 5 nitrogen and oxygen atoms in total. The van der Waals surface area contributed by atoms with E-state index < -0.39 is 0 Å². The van der Waals surface area contributed by atoms with Crippen molar-refractivity contribution in [3.05, 3.63) is 31.4 Å². The van der Waals surface area contributed by atoms with Crippen LogP contribution in [0, 0.1) is 0 Å². The van der Waals surface area contributed by atoms with Gasteiger partial charge in [0.1, 0.15) is 6.61 Å². The topological polar surface area (TPSA) is 47.4 Å². The number of amides is 1. The lowest BCUT2D eigenvalue weighted by molar-refractivity contribution is 0.0986. The molecular formula is C29H51N3O2S. The van der Waals surface area contributed by atoms with Crippen molar-refractivity contribution < 1.29 is 9.53 Å². The number of ether oxygens (including phenoxy) is 1. The van der Waals surface area contributed by atoms with Gasteiger partial charge in [-0.25, -0.2) is 9.78 Å². The summed E-state index contributed by atoms with van der Waals surface area (Å²) in [4.78, 5) is 18.8. The number of nitrogens with zero attached hydrogens (tertiary/aromatic N) is 3. The summed E-state index contributed by atoms with van der Waals surface area (Å²) in [6.45, 7) is 7.89. The standard InChI is InChI=1S/C29H51N3O2S/c1-3-5-6-7-8-9-10-11-12-13-14-15-16-17-26-35-29(20-23-31-24-21-30-27-31)19-18-22-32(29)28(33)34-25-4-2/h4,21,24,27H,2-3,5-20,22-23,25-26H2,1H3. The number of carbonyl (C=O) groups excluding carboxylic acids is 1. The van der Waals surface area contributed by atoms with Crippen molar-refractivity contribution in [2.45, 2.75) is 127 Å². The minimum absolute atomic E-state index is 0.168. The van der Waals surface area contributed by atoms with Gasteiger partial charge in [-0.1, -0.05) is 103 Å². The summed E-state index contributed by atoms with van der Waals surface area (Å²) in [5.41, 5.74) is 0. The Morgan fingerprint density at radius 3 is 2.23 bits per heavy atom. The molecule has 1 aromatic heterocycles. The first-order valence-electron chi connectivity index (χ1n) is 14.4. The zero-order valence-corrected chi connectivity index (χ0v) is 23.2. The Hall–Kier alpha value is -1.43. The van der Waals surface area contributed by atoms with Crippen molar-refractivity contribution in [3.63, 3.8) is 0 Å². The first-order valence-corrected chi connectivity index (χ1v) is 15.4. The number of carbonyl (C=O) groups is 1.